The van der Waals surface area contributed by atoms with Crippen LogP contribution in [0.3, 0.4) is 0 Å². The van der Waals surface area contributed by atoms with E-state index in [9.17, 15) is 14.0 Å². The lowest BCUT2D eigenvalue weighted by molar-refractivity contribution is -0.118. The Morgan fingerprint density at radius 2 is 2.21 bits per heavy atom. The lowest BCUT2D eigenvalue weighted by atomic mass is 10.2. The molecule has 1 aromatic heterocycles. The van der Waals surface area contributed by atoms with Gasteiger partial charge in [0.25, 0.3) is 0 Å². The van der Waals surface area contributed by atoms with E-state index in [1.54, 1.807) is 22.9 Å². The second-order valence-electron chi connectivity index (χ2n) is 7.32. The van der Waals surface area contributed by atoms with Crippen molar-refractivity contribution in [2.24, 2.45) is 5.92 Å². The highest BCUT2D eigenvalue weighted by atomic mass is 32.2. The first-order valence-electron chi connectivity index (χ1n) is 9.77. The van der Waals surface area contributed by atoms with Crippen molar-refractivity contribution in [3.63, 3.8) is 0 Å². The van der Waals surface area contributed by atoms with Gasteiger partial charge in [-0.3, -0.25) is 19.8 Å². The van der Waals surface area contributed by atoms with E-state index in [1.807, 2.05) is 6.92 Å². The molecule has 2 heterocycles. The van der Waals surface area contributed by atoms with E-state index in [1.165, 1.54) is 6.20 Å². The van der Waals surface area contributed by atoms with Crippen molar-refractivity contribution < 1.29 is 18.7 Å². The number of nitrogens with zero attached hydrogens (tertiary/aromatic N) is 2. The Kier molecular flexibility index (Phi) is 7.50. The number of aromatic nitrogens is 1. The van der Waals surface area contributed by atoms with Crippen molar-refractivity contribution >= 4 is 23.9 Å². The Morgan fingerprint density at radius 3 is 2.93 bits per heavy atom. The van der Waals surface area contributed by atoms with Gasteiger partial charge < -0.3 is 9.64 Å². The molecule has 2 fully saturated rings. The van der Waals surface area contributed by atoms with Gasteiger partial charge in [-0.1, -0.05) is 18.4 Å². The average Bonchev–Trinajstić information content (AvgIpc) is 3.44. The summed E-state index contributed by atoms with van der Waals surface area (Å²) in [5, 5.41) is 2.28. The summed E-state index contributed by atoms with van der Waals surface area (Å²) in [6.45, 7) is 3.34. The van der Waals surface area contributed by atoms with Gasteiger partial charge in [-0.15, -0.1) is 0 Å². The fraction of sp³-hybridized carbons (Fsp3) is 0.632. The van der Waals surface area contributed by atoms with Crippen molar-refractivity contribution in [1.82, 2.24) is 19.9 Å². The number of amides is 3. The lowest BCUT2D eigenvalue weighted by Crippen LogP contribution is -2.29. The van der Waals surface area contributed by atoms with E-state index >= 15 is 0 Å². The van der Waals surface area contributed by atoms with Crippen LogP contribution < -0.4 is 14.8 Å². The predicted octanol–water partition coefficient (Wildman–Crippen LogP) is 3.03. The maximum absolute atomic E-state index is 13.8. The summed E-state index contributed by atoms with van der Waals surface area (Å²) in [7, 11) is 0. The van der Waals surface area contributed by atoms with Crippen molar-refractivity contribution in [2.45, 2.75) is 45.1 Å². The van der Waals surface area contributed by atoms with E-state index in [4.69, 9.17) is 4.74 Å². The summed E-state index contributed by atoms with van der Waals surface area (Å²) in [5.74, 6) is 1.12. The minimum Gasteiger partial charge on any atom is -0.490 e. The van der Waals surface area contributed by atoms with Crippen LogP contribution in [0.15, 0.2) is 12.3 Å². The lowest BCUT2D eigenvalue weighted by Gasteiger charge is -2.15. The molecule has 1 aliphatic heterocycles. The molecule has 1 unspecified atom stereocenters. The molecule has 154 valence electrons. The van der Waals surface area contributed by atoms with Crippen molar-refractivity contribution in [3.8, 4) is 5.75 Å². The van der Waals surface area contributed by atoms with Crippen LogP contribution in [0.25, 0.3) is 0 Å². The average molecular weight is 411 g/mol. The zero-order valence-corrected chi connectivity index (χ0v) is 16.9. The van der Waals surface area contributed by atoms with Gasteiger partial charge in [-0.05, 0) is 38.5 Å². The molecule has 1 aromatic rings. The van der Waals surface area contributed by atoms with Gasteiger partial charge in [-0.2, -0.15) is 0 Å². The van der Waals surface area contributed by atoms with Crippen LogP contribution >= 0.6 is 11.9 Å². The second kappa shape index (κ2) is 10.1. The van der Waals surface area contributed by atoms with E-state index in [2.05, 4.69) is 15.0 Å². The highest BCUT2D eigenvalue weighted by molar-refractivity contribution is 7.97. The molecule has 1 atom stereocenters. The Morgan fingerprint density at radius 1 is 1.39 bits per heavy atom. The quantitative estimate of drug-likeness (QED) is 0.313. The zero-order valence-electron chi connectivity index (χ0n) is 16.1. The number of hydrogen-bond donors (Lipinski definition) is 2. The molecule has 3 amide bonds. The summed E-state index contributed by atoms with van der Waals surface area (Å²) in [5.41, 5.74) is 0.754. The fourth-order valence-corrected chi connectivity index (χ4v) is 3.67. The minimum absolute atomic E-state index is 0.0202. The van der Waals surface area contributed by atoms with Crippen LogP contribution in [0.1, 0.15) is 50.8 Å². The molecule has 1 saturated heterocycles. The van der Waals surface area contributed by atoms with Gasteiger partial charge >= 0.3 is 6.03 Å². The molecule has 1 saturated carbocycles. The molecule has 9 heteroatoms. The molecular weight excluding hydrogens is 383 g/mol. The highest BCUT2D eigenvalue weighted by Crippen LogP contribution is 2.30. The molecule has 0 aromatic carbocycles. The van der Waals surface area contributed by atoms with Crippen LogP contribution in [-0.2, 0) is 4.79 Å². The van der Waals surface area contributed by atoms with E-state index in [0.717, 1.165) is 43.6 Å². The molecule has 3 rings (SSSR count). The Hall–Kier alpha value is -1.87. The third kappa shape index (κ3) is 6.34. The van der Waals surface area contributed by atoms with Crippen molar-refractivity contribution in [3.05, 3.63) is 23.8 Å². The van der Waals surface area contributed by atoms with Gasteiger partial charge in [0, 0.05) is 18.4 Å². The van der Waals surface area contributed by atoms with Crippen LogP contribution in [0.5, 0.6) is 5.75 Å². The third-order valence-corrected chi connectivity index (χ3v) is 5.77. The number of nitrogens with one attached hydrogen (secondary N) is 2. The SMILES string of the molecule is CC(NSCCCCCN1CC(=O)NC1=O)c1cc(OCC2CC2)c(F)cn1. The largest absolute Gasteiger partial charge is 0.490 e. The van der Waals surface area contributed by atoms with E-state index < -0.39 is 5.82 Å². The monoisotopic (exact) mass is 410 g/mol. The molecule has 7 nitrogen and oxygen atoms in total. The molecule has 0 radical (unpaired) electrons. The number of unbranched alkanes of at least 4 members (excludes halogenated alkanes) is 2. The number of hydrogen-bond acceptors (Lipinski definition) is 6. The van der Waals surface area contributed by atoms with E-state index in [-0.39, 0.29) is 30.3 Å². The Balaban J connectivity index is 1.29. The zero-order chi connectivity index (χ0) is 19.9. The summed E-state index contributed by atoms with van der Waals surface area (Å²) in [6, 6.07) is 1.37. The Labute approximate surface area is 168 Å². The van der Waals surface area contributed by atoms with Crippen LogP contribution in [-0.4, -0.2) is 47.3 Å². The second-order valence-corrected chi connectivity index (χ2v) is 8.25. The summed E-state index contributed by atoms with van der Waals surface area (Å²) in [4.78, 5) is 28.2. The first-order valence-corrected chi connectivity index (χ1v) is 10.8. The predicted molar refractivity (Wildman–Crippen MR) is 105 cm³/mol. The molecule has 2 N–H and O–H groups in total. The van der Waals surface area contributed by atoms with Crippen molar-refractivity contribution in [1.29, 1.82) is 0 Å². The number of ether oxygens (including phenoxy) is 1. The molecular formula is C19H27FN4O3S. The summed E-state index contributed by atoms with van der Waals surface area (Å²) < 4.78 is 22.7. The van der Waals surface area contributed by atoms with Gasteiger partial charge in [0.1, 0.15) is 6.54 Å². The molecule has 1 aliphatic carbocycles. The minimum atomic E-state index is -0.419. The van der Waals surface area contributed by atoms with Crippen molar-refractivity contribution in [2.75, 3.05) is 25.4 Å². The molecule has 2 aliphatic rings. The first kappa shape index (κ1) is 20.9. The maximum atomic E-state index is 13.8. The molecule has 0 bridgehead atoms. The summed E-state index contributed by atoms with van der Waals surface area (Å²) >= 11 is 1.61. The van der Waals surface area contributed by atoms with E-state index in [0.29, 0.717) is 19.1 Å². The van der Waals surface area contributed by atoms with Gasteiger partial charge in [0.05, 0.1) is 24.5 Å². The maximum Gasteiger partial charge on any atom is 0.324 e. The van der Waals surface area contributed by atoms with Crippen LogP contribution in [0.2, 0.25) is 0 Å². The molecule has 28 heavy (non-hydrogen) atoms. The third-order valence-electron chi connectivity index (χ3n) is 4.76. The summed E-state index contributed by atoms with van der Waals surface area (Å²) in [6.07, 6.45) is 6.40. The number of pyridine rings is 1. The Bertz CT molecular complexity index is 702. The normalized spacial score (nSPS) is 17.7. The number of halogens is 1. The van der Waals surface area contributed by atoms with Gasteiger partial charge in [0.2, 0.25) is 5.91 Å². The number of carbonyl (C=O) groups is 2. The first-order chi connectivity index (χ1) is 13.5. The van der Waals surface area contributed by atoms with Gasteiger partial charge in [0.15, 0.2) is 11.6 Å². The van der Waals surface area contributed by atoms with Gasteiger partial charge in [-0.25, -0.2) is 9.18 Å². The van der Waals surface area contributed by atoms with Crippen LogP contribution in [0.4, 0.5) is 9.18 Å². The molecule has 0 spiro atoms. The smallest absolute Gasteiger partial charge is 0.324 e. The van der Waals surface area contributed by atoms with Crippen LogP contribution in [0, 0.1) is 11.7 Å². The standard InChI is InChI=1S/C19H27FN4O3S/c1-13(16-9-17(15(20)10-21-16)27-12-14-5-6-14)23-28-8-4-2-3-7-24-11-18(25)22-19(24)26/h9-10,13-14,23H,2-8,11-12H2,1H3,(H,22,25,26). The number of imide groups is 1. The number of carbonyl (C=O) groups excluding carboxylic acids is 2. The fourth-order valence-electron chi connectivity index (χ4n) is 2.84. The number of urea groups is 1. The number of rotatable bonds is 12. The highest BCUT2D eigenvalue weighted by Gasteiger charge is 2.25. The topological polar surface area (TPSA) is 83.6 Å².